The summed E-state index contributed by atoms with van der Waals surface area (Å²) in [5.74, 6) is -2.11. The van der Waals surface area contributed by atoms with Crippen molar-refractivity contribution in [2.24, 2.45) is 0 Å². The van der Waals surface area contributed by atoms with Crippen molar-refractivity contribution in [2.45, 2.75) is 18.9 Å². The van der Waals surface area contributed by atoms with Crippen LogP contribution in [0.4, 0.5) is 10.1 Å². The second-order valence-corrected chi connectivity index (χ2v) is 6.79. The van der Waals surface area contributed by atoms with Gasteiger partial charge in [-0.1, -0.05) is 6.07 Å². The molecular formula is C12H14FNO4S. The average Bonchev–Trinajstić information content (AvgIpc) is 2.26. The molecule has 1 aliphatic heterocycles. The number of benzene rings is 1. The van der Waals surface area contributed by atoms with Crippen LogP contribution in [-0.2, 0) is 9.84 Å². The average molecular weight is 287 g/mol. The molecule has 104 valence electrons. The molecule has 1 unspecified atom stereocenters. The van der Waals surface area contributed by atoms with Gasteiger partial charge in [0.25, 0.3) is 0 Å². The van der Waals surface area contributed by atoms with Crippen molar-refractivity contribution in [3.8, 4) is 0 Å². The summed E-state index contributed by atoms with van der Waals surface area (Å²) in [4.78, 5) is 11.0. The van der Waals surface area contributed by atoms with E-state index in [4.69, 9.17) is 5.11 Å². The Bertz CT molecular complexity index is 600. The van der Waals surface area contributed by atoms with Crippen molar-refractivity contribution in [3.63, 3.8) is 0 Å². The quantitative estimate of drug-likeness (QED) is 0.880. The number of carboxylic acids is 1. The fraction of sp³-hybridized carbons (Fsp3) is 0.417. The maximum atomic E-state index is 13.5. The molecule has 1 aromatic rings. The van der Waals surface area contributed by atoms with Gasteiger partial charge >= 0.3 is 5.97 Å². The van der Waals surface area contributed by atoms with E-state index in [-0.39, 0.29) is 23.2 Å². The number of hydrogen-bond acceptors (Lipinski definition) is 4. The van der Waals surface area contributed by atoms with Gasteiger partial charge in [-0.25, -0.2) is 17.6 Å². The number of carboxylic acid groups (broad SMARTS) is 1. The lowest BCUT2D eigenvalue weighted by Gasteiger charge is -2.24. The van der Waals surface area contributed by atoms with E-state index in [0.717, 1.165) is 6.07 Å². The van der Waals surface area contributed by atoms with Gasteiger partial charge in [0.2, 0.25) is 0 Å². The summed E-state index contributed by atoms with van der Waals surface area (Å²) in [6.45, 7) is 0. The van der Waals surface area contributed by atoms with E-state index >= 15 is 0 Å². The Morgan fingerprint density at radius 1 is 1.42 bits per heavy atom. The van der Waals surface area contributed by atoms with Crippen LogP contribution in [0.3, 0.4) is 0 Å². The molecule has 2 N–H and O–H groups in total. The summed E-state index contributed by atoms with van der Waals surface area (Å²) in [5, 5.41) is 11.8. The normalized spacial score (nSPS) is 21.8. The van der Waals surface area contributed by atoms with Crippen molar-refractivity contribution in [1.29, 1.82) is 0 Å². The molecule has 0 aliphatic carbocycles. The molecule has 5 nitrogen and oxygen atoms in total. The largest absolute Gasteiger partial charge is 0.478 e. The van der Waals surface area contributed by atoms with Crippen LogP contribution >= 0.6 is 0 Å². The molecule has 0 bridgehead atoms. The minimum Gasteiger partial charge on any atom is -0.478 e. The smallest absolute Gasteiger partial charge is 0.340 e. The molecule has 2 rings (SSSR count). The van der Waals surface area contributed by atoms with E-state index in [0.29, 0.717) is 12.8 Å². The minimum absolute atomic E-state index is 0.0530. The first-order chi connectivity index (χ1) is 8.89. The van der Waals surface area contributed by atoms with Crippen LogP contribution in [0.25, 0.3) is 0 Å². The zero-order chi connectivity index (χ0) is 14.0. The van der Waals surface area contributed by atoms with Gasteiger partial charge in [0.05, 0.1) is 17.2 Å². The highest BCUT2D eigenvalue weighted by Crippen LogP contribution is 2.23. The van der Waals surface area contributed by atoms with Crippen molar-refractivity contribution in [1.82, 2.24) is 0 Å². The number of aromatic carboxylic acids is 1. The predicted molar refractivity (Wildman–Crippen MR) is 68.7 cm³/mol. The molecule has 1 atom stereocenters. The van der Waals surface area contributed by atoms with Crippen molar-refractivity contribution < 1.29 is 22.7 Å². The summed E-state index contributed by atoms with van der Waals surface area (Å²) in [6, 6.07) is 3.51. The number of hydrogen-bond donors (Lipinski definition) is 2. The molecule has 0 saturated carbocycles. The van der Waals surface area contributed by atoms with E-state index < -0.39 is 27.2 Å². The summed E-state index contributed by atoms with van der Waals surface area (Å²) in [5.41, 5.74) is -0.333. The number of sulfone groups is 1. The third-order valence-electron chi connectivity index (χ3n) is 3.05. The summed E-state index contributed by atoms with van der Waals surface area (Å²) >= 11 is 0. The lowest BCUT2D eigenvalue weighted by atomic mass is 10.1. The Morgan fingerprint density at radius 3 is 2.79 bits per heavy atom. The molecule has 1 aromatic carbocycles. The third kappa shape index (κ3) is 3.23. The highest BCUT2D eigenvalue weighted by Gasteiger charge is 2.26. The van der Waals surface area contributed by atoms with Gasteiger partial charge in [-0.2, -0.15) is 0 Å². The van der Waals surface area contributed by atoms with Gasteiger partial charge in [-0.05, 0) is 25.0 Å². The summed E-state index contributed by atoms with van der Waals surface area (Å²) in [7, 11) is -3.10. The highest BCUT2D eigenvalue weighted by atomic mass is 32.2. The number of anilines is 1. The fourth-order valence-corrected chi connectivity index (χ4v) is 3.85. The molecule has 19 heavy (non-hydrogen) atoms. The van der Waals surface area contributed by atoms with Crippen LogP contribution < -0.4 is 5.32 Å². The second-order valence-electron chi connectivity index (χ2n) is 4.57. The molecule has 7 heteroatoms. The lowest BCUT2D eigenvalue weighted by molar-refractivity contribution is 0.0693. The number of rotatable bonds is 3. The Morgan fingerprint density at radius 2 is 2.16 bits per heavy atom. The Balaban J connectivity index is 2.24. The Labute approximate surface area is 110 Å². The maximum absolute atomic E-state index is 13.5. The van der Waals surface area contributed by atoms with Gasteiger partial charge in [-0.3, -0.25) is 0 Å². The zero-order valence-electron chi connectivity index (χ0n) is 10.1. The number of halogens is 1. The molecule has 0 spiro atoms. The topological polar surface area (TPSA) is 83.5 Å². The monoisotopic (exact) mass is 287 g/mol. The SMILES string of the molecule is O=C(O)c1c(F)cccc1NC1CCCS(=O)(=O)C1. The molecule has 1 aliphatic rings. The molecular weight excluding hydrogens is 273 g/mol. The standard InChI is InChI=1S/C12H14FNO4S/c13-9-4-1-5-10(11(9)12(15)16)14-8-3-2-6-19(17,18)7-8/h1,4-5,8,14H,2-3,6-7H2,(H,15,16). The zero-order valence-corrected chi connectivity index (χ0v) is 10.9. The van der Waals surface area contributed by atoms with Gasteiger partial charge in [0.1, 0.15) is 11.4 Å². The summed E-state index contributed by atoms with van der Waals surface area (Å²) < 4.78 is 36.5. The first-order valence-corrected chi connectivity index (χ1v) is 7.70. The molecule has 1 saturated heterocycles. The lowest BCUT2D eigenvalue weighted by Crippen LogP contribution is -2.35. The molecule has 0 amide bonds. The minimum atomic E-state index is -3.10. The number of carbonyl (C=O) groups is 1. The van der Waals surface area contributed by atoms with E-state index in [1.807, 2.05) is 0 Å². The first kappa shape index (κ1) is 13.8. The van der Waals surface area contributed by atoms with E-state index in [9.17, 15) is 17.6 Å². The van der Waals surface area contributed by atoms with Gasteiger partial charge in [0, 0.05) is 6.04 Å². The Hall–Kier alpha value is -1.63. The molecule has 0 aromatic heterocycles. The van der Waals surface area contributed by atoms with Crippen LogP contribution in [-0.4, -0.2) is 37.0 Å². The van der Waals surface area contributed by atoms with Crippen LogP contribution in [0.1, 0.15) is 23.2 Å². The van der Waals surface area contributed by atoms with Crippen molar-refractivity contribution in [2.75, 3.05) is 16.8 Å². The third-order valence-corrected chi connectivity index (χ3v) is 4.87. The first-order valence-electron chi connectivity index (χ1n) is 5.88. The van der Waals surface area contributed by atoms with Crippen LogP contribution in [0, 0.1) is 5.82 Å². The van der Waals surface area contributed by atoms with E-state index in [1.165, 1.54) is 12.1 Å². The Kier molecular flexibility index (Phi) is 3.75. The maximum Gasteiger partial charge on any atom is 0.340 e. The fourth-order valence-electron chi connectivity index (χ4n) is 2.22. The van der Waals surface area contributed by atoms with Gasteiger partial charge in [0.15, 0.2) is 9.84 Å². The molecule has 0 radical (unpaired) electrons. The highest BCUT2D eigenvalue weighted by molar-refractivity contribution is 7.91. The predicted octanol–water partition coefficient (Wildman–Crippen LogP) is 1.51. The molecule has 1 heterocycles. The van der Waals surface area contributed by atoms with Crippen LogP contribution in [0.5, 0.6) is 0 Å². The summed E-state index contributed by atoms with van der Waals surface area (Å²) in [6.07, 6.45) is 1.15. The van der Waals surface area contributed by atoms with Crippen LogP contribution in [0.15, 0.2) is 18.2 Å². The van der Waals surface area contributed by atoms with Crippen LogP contribution in [0.2, 0.25) is 0 Å². The van der Waals surface area contributed by atoms with Crippen molar-refractivity contribution in [3.05, 3.63) is 29.6 Å². The van der Waals surface area contributed by atoms with E-state index in [2.05, 4.69) is 5.32 Å². The number of nitrogens with one attached hydrogen (secondary N) is 1. The van der Waals surface area contributed by atoms with Gasteiger partial charge < -0.3 is 10.4 Å². The molecule has 1 fully saturated rings. The second kappa shape index (κ2) is 5.16. The van der Waals surface area contributed by atoms with E-state index in [1.54, 1.807) is 0 Å². The van der Waals surface area contributed by atoms with Crippen molar-refractivity contribution >= 4 is 21.5 Å². The van der Waals surface area contributed by atoms with Gasteiger partial charge in [-0.15, -0.1) is 0 Å².